The molecule has 6 nitrogen and oxygen atoms in total. The first-order valence-electron chi connectivity index (χ1n) is 6.70. The molecule has 0 saturated heterocycles. The fraction of sp³-hybridized carbons (Fsp3) is 0.0625. The third-order valence-corrected chi connectivity index (χ3v) is 2.78. The molecule has 0 heterocycles. The topological polar surface area (TPSA) is 90.8 Å². The normalized spacial score (nSPS) is 10.5. The Kier molecular flexibility index (Phi) is 5.40. The molecule has 0 fully saturated rings. The van der Waals surface area contributed by atoms with Crippen molar-refractivity contribution in [3.63, 3.8) is 0 Å². The summed E-state index contributed by atoms with van der Waals surface area (Å²) < 4.78 is 12.7. The van der Waals surface area contributed by atoms with Crippen molar-refractivity contribution >= 4 is 23.7 Å². The molecule has 0 aliphatic heterocycles. The number of nitrogens with zero attached hydrogens (tertiary/aromatic N) is 1. The highest BCUT2D eigenvalue weighted by atomic mass is 19.1. The molecule has 0 aliphatic rings. The van der Waals surface area contributed by atoms with Crippen molar-refractivity contribution in [2.45, 2.75) is 6.42 Å². The highest BCUT2D eigenvalue weighted by Crippen LogP contribution is 2.12. The second kappa shape index (κ2) is 7.69. The van der Waals surface area contributed by atoms with Gasteiger partial charge < -0.3 is 10.4 Å². The highest BCUT2D eigenvalue weighted by molar-refractivity contribution is 6.03. The van der Waals surface area contributed by atoms with Gasteiger partial charge in [0.1, 0.15) is 18.0 Å². The van der Waals surface area contributed by atoms with Gasteiger partial charge in [0.05, 0.1) is 6.21 Å². The number of phenols is 1. The molecule has 2 amide bonds. The SMILES string of the molecule is O=C(CC(=O)Nc1ccc(F)cc1)NN=Cc1ccccc1O. The van der Waals surface area contributed by atoms with Gasteiger partial charge in [0.25, 0.3) is 0 Å². The van der Waals surface area contributed by atoms with E-state index in [1.807, 2.05) is 0 Å². The Morgan fingerprint density at radius 2 is 1.78 bits per heavy atom. The summed E-state index contributed by atoms with van der Waals surface area (Å²) in [4.78, 5) is 23.2. The van der Waals surface area contributed by atoms with E-state index in [4.69, 9.17) is 0 Å². The van der Waals surface area contributed by atoms with Crippen LogP contribution in [0.4, 0.5) is 10.1 Å². The lowest BCUT2D eigenvalue weighted by Gasteiger charge is -2.04. The van der Waals surface area contributed by atoms with Crippen LogP contribution in [0, 0.1) is 5.82 Å². The second-order valence-electron chi connectivity index (χ2n) is 4.58. The third-order valence-electron chi connectivity index (χ3n) is 2.78. The van der Waals surface area contributed by atoms with Gasteiger partial charge in [-0.05, 0) is 36.4 Å². The molecule has 0 aliphatic carbocycles. The monoisotopic (exact) mass is 315 g/mol. The van der Waals surface area contributed by atoms with Gasteiger partial charge in [-0.3, -0.25) is 9.59 Å². The largest absolute Gasteiger partial charge is 0.507 e. The van der Waals surface area contributed by atoms with Crippen LogP contribution < -0.4 is 10.7 Å². The molecule has 2 aromatic carbocycles. The van der Waals surface area contributed by atoms with Gasteiger partial charge in [-0.2, -0.15) is 5.10 Å². The number of hydrogen-bond acceptors (Lipinski definition) is 4. The van der Waals surface area contributed by atoms with E-state index in [-0.39, 0.29) is 5.75 Å². The summed E-state index contributed by atoms with van der Waals surface area (Å²) in [5.41, 5.74) is 3.01. The number of aromatic hydroxyl groups is 1. The van der Waals surface area contributed by atoms with Crippen LogP contribution in [-0.4, -0.2) is 23.1 Å². The van der Waals surface area contributed by atoms with Gasteiger partial charge in [0.15, 0.2) is 0 Å². The molecule has 118 valence electrons. The number of benzene rings is 2. The summed E-state index contributed by atoms with van der Waals surface area (Å²) in [6, 6.07) is 11.6. The number of halogens is 1. The van der Waals surface area contributed by atoms with E-state index in [1.165, 1.54) is 36.5 Å². The average molecular weight is 315 g/mol. The lowest BCUT2D eigenvalue weighted by atomic mass is 10.2. The maximum Gasteiger partial charge on any atom is 0.249 e. The predicted molar refractivity (Wildman–Crippen MR) is 83.5 cm³/mol. The molecule has 0 saturated carbocycles. The molecule has 0 unspecified atom stereocenters. The molecule has 0 radical (unpaired) electrons. The van der Waals surface area contributed by atoms with Crippen molar-refractivity contribution in [1.82, 2.24) is 5.43 Å². The van der Waals surface area contributed by atoms with Crippen LogP contribution in [0.2, 0.25) is 0 Å². The van der Waals surface area contributed by atoms with Crippen molar-refractivity contribution in [3.8, 4) is 5.75 Å². The van der Waals surface area contributed by atoms with Gasteiger partial charge in [0.2, 0.25) is 11.8 Å². The Labute approximate surface area is 131 Å². The zero-order valence-corrected chi connectivity index (χ0v) is 12.0. The Hall–Kier alpha value is -3.22. The maximum atomic E-state index is 12.7. The number of hydrazone groups is 1. The highest BCUT2D eigenvalue weighted by Gasteiger charge is 2.09. The maximum absolute atomic E-state index is 12.7. The molecular formula is C16H14FN3O3. The third kappa shape index (κ3) is 5.24. The van der Waals surface area contributed by atoms with Gasteiger partial charge >= 0.3 is 0 Å². The first-order chi connectivity index (χ1) is 11.0. The molecule has 0 bridgehead atoms. The molecule has 2 aromatic rings. The molecule has 0 spiro atoms. The first-order valence-corrected chi connectivity index (χ1v) is 6.70. The number of rotatable bonds is 5. The predicted octanol–water partition coefficient (Wildman–Crippen LogP) is 2.01. The quantitative estimate of drug-likeness (QED) is 0.448. The molecule has 0 aromatic heterocycles. The summed E-state index contributed by atoms with van der Waals surface area (Å²) in [6.45, 7) is 0. The van der Waals surface area contributed by atoms with Crippen molar-refractivity contribution in [2.75, 3.05) is 5.32 Å². The zero-order valence-electron chi connectivity index (χ0n) is 12.0. The Balaban J connectivity index is 1.81. The number of anilines is 1. The van der Waals surface area contributed by atoms with Crippen molar-refractivity contribution in [1.29, 1.82) is 0 Å². The molecule has 2 rings (SSSR count). The second-order valence-corrected chi connectivity index (χ2v) is 4.58. The smallest absolute Gasteiger partial charge is 0.249 e. The van der Waals surface area contributed by atoms with Crippen LogP contribution in [0.1, 0.15) is 12.0 Å². The lowest BCUT2D eigenvalue weighted by molar-refractivity contribution is -0.126. The number of amides is 2. The van der Waals surface area contributed by atoms with E-state index in [9.17, 15) is 19.1 Å². The first kappa shape index (κ1) is 16.2. The van der Waals surface area contributed by atoms with Crippen LogP contribution in [0.5, 0.6) is 5.75 Å². The zero-order chi connectivity index (χ0) is 16.7. The molecule has 7 heteroatoms. The number of nitrogens with one attached hydrogen (secondary N) is 2. The van der Waals surface area contributed by atoms with Gasteiger partial charge in [-0.1, -0.05) is 12.1 Å². The standard InChI is InChI=1S/C16H14FN3O3/c17-12-5-7-13(8-6-12)19-15(22)9-16(23)20-18-10-11-3-1-2-4-14(11)21/h1-8,10,21H,9H2,(H,19,22)(H,20,23). The number of para-hydroxylation sites is 1. The minimum absolute atomic E-state index is 0.0274. The number of phenolic OH excluding ortho intramolecular Hbond substituents is 1. The minimum atomic E-state index is -0.615. The fourth-order valence-electron chi connectivity index (χ4n) is 1.69. The lowest BCUT2D eigenvalue weighted by Crippen LogP contribution is -2.24. The summed E-state index contributed by atoms with van der Waals surface area (Å²) in [7, 11) is 0. The molecular weight excluding hydrogens is 301 g/mol. The van der Waals surface area contributed by atoms with Gasteiger partial charge in [0, 0.05) is 11.3 Å². The molecule has 0 atom stereocenters. The van der Waals surface area contributed by atoms with Crippen LogP contribution in [-0.2, 0) is 9.59 Å². The number of carbonyl (C=O) groups is 2. The van der Waals surface area contributed by atoms with Crippen LogP contribution in [0.25, 0.3) is 0 Å². The van der Waals surface area contributed by atoms with E-state index in [1.54, 1.807) is 18.2 Å². The van der Waals surface area contributed by atoms with Crippen molar-refractivity contribution < 1.29 is 19.1 Å². The van der Waals surface area contributed by atoms with Gasteiger partial charge in [-0.15, -0.1) is 0 Å². The summed E-state index contributed by atoms with van der Waals surface area (Å²) >= 11 is 0. The molecule has 23 heavy (non-hydrogen) atoms. The van der Waals surface area contributed by atoms with E-state index >= 15 is 0 Å². The summed E-state index contributed by atoms with van der Waals surface area (Å²) in [5.74, 6) is -1.55. The summed E-state index contributed by atoms with van der Waals surface area (Å²) in [6.07, 6.45) is 0.834. The van der Waals surface area contributed by atoms with Gasteiger partial charge in [-0.25, -0.2) is 9.82 Å². The van der Waals surface area contributed by atoms with Crippen LogP contribution in [0.3, 0.4) is 0 Å². The Morgan fingerprint density at radius 1 is 1.09 bits per heavy atom. The number of carbonyl (C=O) groups excluding carboxylic acids is 2. The minimum Gasteiger partial charge on any atom is -0.507 e. The fourth-order valence-corrected chi connectivity index (χ4v) is 1.69. The Morgan fingerprint density at radius 3 is 2.48 bits per heavy atom. The molecule has 3 N–H and O–H groups in total. The Bertz CT molecular complexity index is 730. The number of hydrogen-bond donors (Lipinski definition) is 3. The van der Waals surface area contributed by atoms with Crippen molar-refractivity contribution in [3.05, 3.63) is 59.9 Å². The van der Waals surface area contributed by atoms with Crippen molar-refractivity contribution in [2.24, 2.45) is 5.10 Å². The van der Waals surface area contributed by atoms with Crippen LogP contribution >= 0.6 is 0 Å². The van der Waals surface area contributed by atoms with E-state index in [2.05, 4.69) is 15.8 Å². The van der Waals surface area contributed by atoms with E-state index in [0.29, 0.717) is 11.3 Å². The van der Waals surface area contributed by atoms with E-state index < -0.39 is 24.1 Å². The van der Waals surface area contributed by atoms with E-state index in [0.717, 1.165) is 0 Å². The van der Waals surface area contributed by atoms with Crippen LogP contribution in [0.15, 0.2) is 53.6 Å². The average Bonchev–Trinajstić information content (AvgIpc) is 2.51. The summed E-state index contributed by atoms with van der Waals surface area (Å²) in [5, 5.41) is 15.6.